The first-order valence-electron chi connectivity index (χ1n) is 10.4. The van der Waals surface area contributed by atoms with Crippen LogP contribution < -0.4 is 10.6 Å². The van der Waals surface area contributed by atoms with E-state index in [2.05, 4.69) is 10.6 Å². The van der Waals surface area contributed by atoms with Crippen LogP contribution in [0.15, 0.2) is 42.5 Å². The molecule has 0 aliphatic heterocycles. The number of nitrogens with one attached hydrogen (secondary N) is 2. The maximum atomic E-state index is 12.8. The molecule has 0 fully saturated rings. The molecular formula is C23H22ClF3N2O6. The molecule has 2 N–H and O–H groups in total. The Balaban J connectivity index is 1.71. The summed E-state index contributed by atoms with van der Waals surface area (Å²) in [7, 11) is 0. The molecule has 12 heteroatoms. The average molecular weight is 515 g/mol. The number of rotatable bonds is 10. The number of hydrogen-bond donors (Lipinski definition) is 2. The highest BCUT2D eigenvalue weighted by atomic mass is 35.5. The first-order chi connectivity index (χ1) is 16.5. The van der Waals surface area contributed by atoms with E-state index in [1.165, 1.54) is 24.3 Å². The second-order valence-electron chi connectivity index (χ2n) is 7.10. The van der Waals surface area contributed by atoms with Crippen LogP contribution in [0, 0.1) is 0 Å². The van der Waals surface area contributed by atoms with Crippen molar-refractivity contribution in [2.75, 3.05) is 23.8 Å². The topological polar surface area (TPSA) is 111 Å². The van der Waals surface area contributed by atoms with Crippen molar-refractivity contribution >= 4 is 46.7 Å². The molecule has 0 spiro atoms. The predicted octanol–water partition coefficient (Wildman–Crippen LogP) is 4.83. The smallest absolute Gasteiger partial charge is 0.416 e. The van der Waals surface area contributed by atoms with Crippen molar-refractivity contribution in [3.63, 3.8) is 0 Å². The number of anilines is 2. The van der Waals surface area contributed by atoms with Gasteiger partial charge >= 0.3 is 18.1 Å². The lowest BCUT2D eigenvalue weighted by Crippen LogP contribution is -2.21. The molecule has 0 radical (unpaired) electrons. The monoisotopic (exact) mass is 514 g/mol. The van der Waals surface area contributed by atoms with Crippen LogP contribution in [-0.2, 0) is 30.0 Å². The number of ether oxygens (including phenoxy) is 2. The third kappa shape index (κ3) is 9.28. The Bertz CT molecular complexity index is 1070. The number of amides is 2. The van der Waals surface area contributed by atoms with Crippen molar-refractivity contribution in [1.82, 2.24) is 0 Å². The Kier molecular flexibility index (Phi) is 10.1. The van der Waals surface area contributed by atoms with Gasteiger partial charge in [0.2, 0.25) is 5.91 Å². The van der Waals surface area contributed by atoms with Gasteiger partial charge in [-0.2, -0.15) is 13.2 Å². The largest absolute Gasteiger partial charge is 0.462 e. The third-order valence-corrected chi connectivity index (χ3v) is 4.73. The number of carbonyl (C=O) groups is 4. The maximum Gasteiger partial charge on any atom is 0.416 e. The number of alkyl halides is 3. The average Bonchev–Trinajstić information content (AvgIpc) is 2.79. The van der Waals surface area contributed by atoms with Crippen LogP contribution >= 0.6 is 11.6 Å². The van der Waals surface area contributed by atoms with Crippen molar-refractivity contribution in [1.29, 1.82) is 0 Å². The number of benzene rings is 2. The Hall–Kier alpha value is -3.60. The summed E-state index contributed by atoms with van der Waals surface area (Å²) in [6, 6.07) is 8.51. The number of hydrogen-bond acceptors (Lipinski definition) is 6. The molecule has 35 heavy (non-hydrogen) atoms. The molecule has 0 aliphatic rings. The molecule has 2 amide bonds. The quantitative estimate of drug-likeness (QED) is 0.439. The zero-order chi connectivity index (χ0) is 26.0. The van der Waals surface area contributed by atoms with Gasteiger partial charge in [0, 0.05) is 18.5 Å². The molecule has 0 atom stereocenters. The molecule has 188 valence electrons. The van der Waals surface area contributed by atoms with Gasteiger partial charge in [-0.1, -0.05) is 11.6 Å². The van der Waals surface area contributed by atoms with Gasteiger partial charge in [-0.15, -0.1) is 0 Å². The van der Waals surface area contributed by atoms with Crippen LogP contribution in [-0.4, -0.2) is 37.0 Å². The zero-order valence-electron chi connectivity index (χ0n) is 18.5. The fourth-order valence-electron chi connectivity index (χ4n) is 2.72. The van der Waals surface area contributed by atoms with E-state index in [0.29, 0.717) is 17.3 Å². The first kappa shape index (κ1) is 27.6. The Morgan fingerprint density at radius 1 is 0.914 bits per heavy atom. The molecular weight excluding hydrogens is 493 g/mol. The van der Waals surface area contributed by atoms with Crippen molar-refractivity contribution < 1.29 is 41.8 Å². The highest BCUT2D eigenvalue weighted by Gasteiger charge is 2.31. The molecule has 2 rings (SSSR count). The second kappa shape index (κ2) is 12.7. The normalized spacial score (nSPS) is 10.9. The van der Waals surface area contributed by atoms with Crippen molar-refractivity contribution in [2.24, 2.45) is 0 Å². The fourth-order valence-corrected chi connectivity index (χ4v) is 2.89. The summed E-state index contributed by atoms with van der Waals surface area (Å²) in [6.45, 7) is 1.20. The van der Waals surface area contributed by atoms with Gasteiger partial charge in [-0.3, -0.25) is 14.4 Å². The van der Waals surface area contributed by atoms with E-state index in [4.69, 9.17) is 21.1 Å². The van der Waals surface area contributed by atoms with E-state index in [9.17, 15) is 32.3 Å². The van der Waals surface area contributed by atoms with Gasteiger partial charge in [0.15, 0.2) is 6.61 Å². The molecule has 0 saturated heterocycles. The van der Waals surface area contributed by atoms with Gasteiger partial charge in [0.1, 0.15) is 0 Å². The van der Waals surface area contributed by atoms with Gasteiger partial charge < -0.3 is 20.1 Å². The van der Waals surface area contributed by atoms with Crippen LogP contribution in [0.2, 0.25) is 5.02 Å². The number of carbonyl (C=O) groups excluding carboxylic acids is 4. The van der Waals surface area contributed by atoms with E-state index in [1.807, 2.05) is 0 Å². The fraction of sp³-hybridized carbons (Fsp3) is 0.304. The van der Waals surface area contributed by atoms with E-state index in [1.54, 1.807) is 6.92 Å². The molecule has 0 aliphatic carbocycles. The van der Waals surface area contributed by atoms with Gasteiger partial charge in [0.05, 0.1) is 28.4 Å². The van der Waals surface area contributed by atoms with E-state index < -0.39 is 36.2 Å². The molecule has 0 heterocycles. The van der Waals surface area contributed by atoms with Gasteiger partial charge in [0.25, 0.3) is 5.91 Å². The van der Waals surface area contributed by atoms with Crippen molar-refractivity contribution in [3.8, 4) is 0 Å². The lowest BCUT2D eigenvalue weighted by atomic mass is 10.2. The maximum absolute atomic E-state index is 12.8. The van der Waals surface area contributed by atoms with Crippen molar-refractivity contribution in [3.05, 3.63) is 58.6 Å². The predicted molar refractivity (Wildman–Crippen MR) is 121 cm³/mol. The summed E-state index contributed by atoms with van der Waals surface area (Å²) in [5.74, 6) is -2.49. The summed E-state index contributed by atoms with van der Waals surface area (Å²) in [4.78, 5) is 47.3. The lowest BCUT2D eigenvalue weighted by molar-refractivity contribution is -0.147. The minimum absolute atomic E-state index is 0.0131. The van der Waals surface area contributed by atoms with Crippen LogP contribution in [0.5, 0.6) is 0 Å². The molecule has 8 nitrogen and oxygen atoms in total. The molecule has 0 unspecified atom stereocenters. The highest BCUT2D eigenvalue weighted by molar-refractivity contribution is 6.33. The number of halogens is 4. The van der Waals surface area contributed by atoms with Crippen LogP contribution in [0.25, 0.3) is 0 Å². The Labute approximate surface area is 203 Å². The lowest BCUT2D eigenvalue weighted by Gasteiger charge is -2.12. The van der Waals surface area contributed by atoms with Gasteiger partial charge in [-0.25, -0.2) is 4.79 Å². The van der Waals surface area contributed by atoms with Crippen LogP contribution in [0.1, 0.15) is 42.1 Å². The Morgan fingerprint density at radius 2 is 1.60 bits per heavy atom. The number of esters is 2. The van der Waals surface area contributed by atoms with Gasteiger partial charge in [-0.05, 0) is 55.8 Å². The summed E-state index contributed by atoms with van der Waals surface area (Å²) in [5, 5.41) is 4.66. The minimum atomic E-state index is -4.62. The SMILES string of the molecule is CCOC(=O)c1ccc(NC(=O)CCCC(=O)OCC(=O)Nc2cc(C(F)(F)F)ccc2Cl)cc1. The molecule has 0 aromatic heterocycles. The zero-order valence-corrected chi connectivity index (χ0v) is 19.3. The second-order valence-corrected chi connectivity index (χ2v) is 7.51. The molecule has 0 bridgehead atoms. The first-order valence-corrected chi connectivity index (χ1v) is 10.8. The third-order valence-electron chi connectivity index (χ3n) is 4.40. The summed E-state index contributed by atoms with van der Waals surface area (Å²) >= 11 is 5.80. The van der Waals surface area contributed by atoms with Crippen LogP contribution in [0.3, 0.4) is 0 Å². The van der Waals surface area contributed by atoms with Crippen molar-refractivity contribution in [2.45, 2.75) is 32.4 Å². The summed E-state index contributed by atoms with van der Waals surface area (Å²) < 4.78 is 48.0. The highest BCUT2D eigenvalue weighted by Crippen LogP contribution is 2.33. The Morgan fingerprint density at radius 3 is 2.23 bits per heavy atom. The summed E-state index contributed by atoms with van der Waals surface area (Å²) in [5.41, 5.74) is -0.473. The van der Waals surface area contributed by atoms with E-state index in [0.717, 1.165) is 12.1 Å². The molecule has 2 aromatic carbocycles. The summed E-state index contributed by atoms with van der Waals surface area (Å²) in [6.07, 6.45) is -4.66. The molecule has 2 aromatic rings. The minimum Gasteiger partial charge on any atom is -0.462 e. The van der Waals surface area contributed by atoms with Crippen LogP contribution in [0.4, 0.5) is 24.5 Å². The molecule has 0 saturated carbocycles. The van der Waals surface area contributed by atoms with E-state index >= 15 is 0 Å². The standard InChI is InChI=1S/C23H22ClF3N2O6/c1-2-34-22(33)14-6-9-16(10-7-14)28-19(30)4-3-5-21(32)35-13-20(31)29-18-12-15(23(25,26)27)8-11-17(18)24/h6-12H,2-5,13H2,1H3,(H,28,30)(H,29,31). The van der Waals surface area contributed by atoms with E-state index in [-0.39, 0.29) is 42.5 Å².